The molecule has 1 amide bonds. The highest BCUT2D eigenvalue weighted by atomic mass is 35.5. The quantitative estimate of drug-likeness (QED) is 0.519. The van der Waals surface area contributed by atoms with Crippen LogP contribution in [-0.4, -0.2) is 53.1 Å². The number of aryl methyl sites for hydroxylation is 1. The SMILES string of the molecule is C=CCN(C(=O)c1cc2c(C)nn(Cc3ccc(Cl)cc3)c2s1)C1CCS(=O)(=O)C1. The Bertz CT molecular complexity index is 1210. The number of nitrogens with zero attached hydrogens (tertiary/aromatic N) is 3. The van der Waals surface area contributed by atoms with Crippen LogP contribution < -0.4 is 0 Å². The fourth-order valence-corrected chi connectivity index (χ4v) is 6.76. The van der Waals surface area contributed by atoms with Crippen molar-refractivity contribution in [2.24, 2.45) is 0 Å². The summed E-state index contributed by atoms with van der Waals surface area (Å²) in [5, 5.41) is 6.24. The van der Waals surface area contributed by atoms with E-state index in [9.17, 15) is 13.2 Å². The molecule has 30 heavy (non-hydrogen) atoms. The molecule has 0 N–H and O–H groups in total. The van der Waals surface area contributed by atoms with Crippen molar-refractivity contribution in [2.75, 3.05) is 18.1 Å². The number of benzene rings is 1. The lowest BCUT2D eigenvalue weighted by molar-refractivity contribution is 0.0725. The molecule has 1 aromatic carbocycles. The Hall–Kier alpha value is -2.16. The molecule has 1 fully saturated rings. The molecule has 0 aliphatic carbocycles. The standard InChI is InChI=1S/C21H22ClN3O3S2/c1-3-9-24(17-8-10-30(27,28)13-17)20(26)19-11-18-14(2)23-25(21(18)29-19)12-15-4-6-16(22)7-5-15/h3-7,11,17H,1,8-10,12-13H2,2H3. The summed E-state index contributed by atoms with van der Waals surface area (Å²) in [5.41, 5.74) is 1.92. The number of rotatable bonds is 6. The van der Waals surface area contributed by atoms with Gasteiger partial charge in [0.15, 0.2) is 9.84 Å². The Morgan fingerprint density at radius 2 is 2.13 bits per heavy atom. The van der Waals surface area contributed by atoms with Crippen molar-refractivity contribution in [3.05, 3.63) is 64.1 Å². The van der Waals surface area contributed by atoms with Gasteiger partial charge in [0.05, 0.1) is 28.6 Å². The molecule has 0 bridgehead atoms. The summed E-state index contributed by atoms with van der Waals surface area (Å²) in [4.78, 5) is 16.4. The van der Waals surface area contributed by atoms with Crippen LogP contribution in [0.3, 0.4) is 0 Å². The molecule has 0 spiro atoms. The van der Waals surface area contributed by atoms with Gasteiger partial charge in [-0.25, -0.2) is 8.42 Å². The van der Waals surface area contributed by atoms with E-state index in [-0.39, 0.29) is 23.5 Å². The zero-order valence-corrected chi connectivity index (χ0v) is 18.9. The molecular formula is C21H22ClN3O3S2. The number of carbonyl (C=O) groups excluding carboxylic acids is 1. The number of fused-ring (bicyclic) bond motifs is 1. The summed E-state index contributed by atoms with van der Waals surface area (Å²) < 4.78 is 25.7. The summed E-state index contributed by atoms with van der Waals surface area (Å²) in [5.74, 6) is -0.0169. The van der Waals surface area contributed by atoms with Crippen LogP contribution in [0.1, 0.15) is 27.3 Å². The maximum atomic E-state index is 13.3. The smallest absolute Gasteiger partial charge is 0.264 e. The number of thiophene rings is 1. The second-order valence-electron chi connectivity index (χ2n) is 7.50. The molecule has 3 aromatic rings. The molecule has 1 aliphatic heterocycles. The third-order valence-electron chi connectivity index (χ3n) is 5.30. The molecule has 9 heteroatoms. The molecule has 1 aliphatic rings. The lowest BCUT2D eigenvalue weighted by atomic mass is 10.2. The summed E-state index contributed by atoms with van der Waals surface area (Å²) >= 11 is 7.36. The number of aromatic nitrogens is 2. The summed E-state index contributed by atoms with van der Waals surface area (Å²) in [7, 11) is -3.09. The van der Waals surface area contributed by atoms with Crippen LogP contribution in [0.5, 0.6) is 0 Å². The summed E-state index contributed by atoms with van der Waals surface area (Å²) in [6.45, 7) is 6.56. The average molecular weight is 464 g/mol. The van der Waals surface area contributed by atoms with E-state index in [0.717, 1.165) is 21.5 Å². The first-order valence-corrected chi connectivity index (χ1v) is 12.6. The highest BCUT2D eigenvalue weighted by molar-refractivity contribution is 7.91. The van der Waals surface area contributed by atoms with Crippen LogP contribution in [0, 0.1) is 6.92 Å². The number of sulfone groups is 1. The van der Waals surface area contributed by atoms with E-state index in [2.05, 4.69) is 11.7 Å². The number of hydrogen-bond donors (Lipinski definition) is 0. The minimum absolute atomic E-state index is 0.0147. The van der Waals surface area contributed by atoms with Crippen LogP contribution in [0.2, 0.25) is 5.02 Å². The number of hydrogen-bond acceptors (Lipinski definition) is 5. The zero-order valence-electron chi connectivity index (χ0n) is 16.5. The molecular weight excluding hydrogens is 442 g/mol. The largest absolute Gasteiger partial charge is 0.330 e. The highest BCUT2D eigenvalue weighted by Gasteiger charge is 2.35. The van der Waals surface area contributed by atoms with Gasteiger partial charge in [-0.05, 0) is 37.1 Å². The van der Waals surface area contributed by atoms with Gasteiger partial charge in [0.1, 0.15) is 4.83 Å². The monoisotopic (exact) mass is 463 g/mol. The fourth-order valence-electron chi connectivity index (χ4n) is 3.79. The van der Waals surface area contributed by atoms with Crippen molar-refractivity contribution in [1.29, 1.82) is 0 Å². The van der Waals surface area contributed by atoms with Crippen LogP contribution in [0.25, 0.3) is 10.2 Å². The van der Waals surface area contributed by atoms with Gasteiger partial charge in [-0.15, -0.1) is 17.9 Å². The van der Waals surface area contributed by atoms with Gasteiger partial charge < -0.3 is 4.90 Å². The Balaban J connectivity index is 1.64. The second kappa shape index (κ2) is 8.17. The van der Waals surface area contributed by atoms with Crippen molar-refractivity contribution in [3.8, 4) is 0 Å². The predicted octanol–water partition coefficient (Wildman–Crippen LogP) is 3.92. The molecule has 2 aromatic heterocycles. The van der Waals surface area contributed by atoms with E-state index in [1.807, 2.05) is 41.9 Å². The lowest BCUT2D eigenvalue weighted by Gasteiger charge is -2.26. The maximum Gasteiger partial charge on any atom is 0.264 e. The Kier molecular flexibility index (Phi) is 5.74. The molecule has 6 nitrogen and oxygen atoms in total. The number of halogens is 1. The van der Waals surface area contributed by atoms with Crippen molar-refractivity contribution >= 4 is 48.9 Å². The van der Waals surface area contributed by atoms with Crippen LogP contribution in [-0.2, 0) is 16.4 Å². The molecule has 0 saturated carbocycles. The zero-order chi connectivity index (χ0) is 21.5. The van der Waals surface area contributed by atoms with Gasteiger partial charge >= 0.3 is 0 Å². The van der Waals surface area contributed by atoms with Gasteiger partial charge in [0, 0.05) is 23.0 Å². The third kappa shape index (κ3) is 4.17. The Labute approximate surface area is 184 Å². The van der Waals surface area contributed by atoms with Crippen LogP contribution >= 0.6 is 22.9 Å². The average Bonchev–Trinajstić information content (AvgIpc) is 3.37. The van der Waals surface area contributed by atoms with Gasteiger partial charge in [0.25, 0.3) is 5.91 Å². The van der Waals surface area contributed by atoms with Gasteiger partial charge in [-0.1, -0.05) is 29.8 Å². The first kappa shape index (κ1) is 21.1. The van der Waals surface area contributed by atoms with E-state index in [1.165, 1.54) is 11.3 Å². The van der Waals surface area contributed by atoms with E-state index < -0.39 is 9.84 Å². The van der Waals surface area contributed by atoms with E-state index in [0.29, 0.717) is 29.4 Å². The fraction of sp³-hybridized carbons (Fsp3) is 0.333. The van der Waals surface area contributed by atoms with Crippen molar-refractivity contribution in [2.45, 2.75) is 25.9 Å². The lowest BCUT2D eigenvalue weighted by Crippen LogP contribution is -2.40. The number of carbonyl (C=O) groups is 1. The van der Waals surface area contributed by atoms with Gasteiger partial charge in [0.2, 0.25) is 0 Å². The molecule has 1 saturated heterocycles. The van der Waals surface area contributed by atoms with Crippen LogP contribution in [0.15, 0.2) is 43.0 Å². The normalized spacial score (nSPS) is 18.0. The Morgan fingerprint density at radius 3 is 2.77 bits per heavy atom. The molecule has 3 heterocycles. The van der Waals surface area contributed by atoms with Gasteiger partial charge in [-0.2, -0.15) is 5.10 Å². The molecule has 1 atom stereocenters. The summed E-state index contributed by atoms with van der Waals surface area (Å²) in [6.07, 6.45) is 2.11. The topological polar surface area (TPSA) is 72.3 Å². The van der Waals surface area contributed by atoms with Crippen molar-refractivity contribution in [3.63, 3.8) is 0 Å². The molecule has 4 rings (SSSR count). The number of amides is 1. The molecule has 1 unspecified atom stereocenters. The first-order chi connectivity index (χ1) is 14.3. The van der Waals surface area contributed by atoms with E-state index >= 15 is 0 Å². The predicted molar refractivity (Wildman–Crippen MR) is 121 cm³/mol. The van der Waals surface area contributed by atoms with Crippen molar-refractivity contribution < 1.29 is 13.2 Å². The highest BCUT2D eigenvalue weighted by Crippen LogP contribution is 2.31. The molecule has 0 radical (unpaired) electrons. The van der Waals surface area contributed by atoms with Crippen LogP contribution in [0.4, 0.5) is 0 Å². The Morgan fingerprint density at radius 1 is 1.40 bits per heavy atom. The first-order valence-electron chi connectivity index (χ1n) is 9.61. The minimum atomic E-state index is -3.09. The van der Waals surface area contributed by atoms with E-state index in [4.69, 9.17) is 11.6 Å². The van der Waals surface area contributed by atoms with Crippen molar-refractivity contribution in [1.82, 2.24) is 14.7 Å². The minimum Gasteiger partial charge on any atom is -0.330 e. The third-order valence-corrected chi connectivity index (χ3v) is 8.44. The second-order valence-corrected chi connectivity index (χ2v) is 11.2. The van der Waals surface area contributed by atoms with E-state index in [1.54, 1.807) is 11.0 Å². The molecule has 158 valence electrons. The van der Waals surface area contributed by atoms with Gasteiger partial charge in [-0.3, -0.25) is 9.48 Å². The summed E-state index contributed by atoms with van der Waals surface area (Å²) in [6, 6.07) is 9.15. The maximum absolute atomic E-state index is 13.3.